The molecule has 1 aromatic rings. The molecule has 1 aliphatic rings. The first kappa shape index (κ1) is 28.4. The predicted octanol–water partition coefficient (Wildman–Crippen LogP) is 2.54. The number of ether oxygens (including phenoxy) is 4. The van der Waals surface area contributed by atoms with E-state index >= 15 is 0 Å². The van der Waals surface area contributed by atoms with Crippen LogP contribution < -0.4 is 0 Å². The molecule has 34 heavy (non-hydrogen) atoms. The Labute approximate surface area is 202 Å². The SMILES string of the molecule is CC(=O)OC[C@H](OC(C)=O)[C@H]1O[C@H](O)[C@@H](OCc2ccccc2)[C@@H](O[Si](C)(C)C(C)(C)C)[C@@H]1O. The lowest BCUT2D eigenvalue weighted by Gasteiger charge is -2.48. The van der Waals surface area contributed by atoms with Gasteiger partial charge in [-0.2, -0.15) is 0 Å². The average Bonchev–Trinajstić information content (AvgIpc) is 2.72. The van der Waals surface area contributed by atoms with E-state index in [1.54, 1.807) is 0 Å². The quantitative estimate of drug-likeness (QED) is 0.391. The number of carbonyl (C=O) groups excluding carboxylic acids is 2. The molecule has 0 aliphatic carbocycles. The molecule has 0 radical (unpaired) electrons. The molecule has 0 saturated carbocycles. The molecule has 0 spiro atoms. The zero-order valence-electron chi connectivity index (χ0n) is 21.0. The van der Waals surface area contributed by atoms with Crippen molar-refractivity contribution in [1.29, 1.82) is 0 Å². The fraction of sp³-hybridized carbons (Fsp3) is 0.667. The fourth-order valence-electron chi connectivity index (χ4n) is 3.38. The van der Waals surface area contributed by atoms with Gasteiger partial charge >= 0.3 is 11.9 Å². The van der Waals surface area contributed by atoms with Crippen LogP contribution in [0.25, 0.3) is 0 Å². The van der Waals surface area contributed by atoms with Gasteiger partial charge in [-0.3, -0.25) is 9.59 Å². The Morgan fingerprint density at radius 3 is 2.21 bits per heavy atom. The van der Waals surface area contributed by atoms with Gasteiger partial charge in [-0.1, -0.05) is 51.1 Å². The standard InChI is InChI=1S/C24H38O9Si/c1-15(25)29-14-18(31-16(2)26)20-19(27)21(33-34(6,7)24(3,4)5)22(23(28)32-20)30-13-17-11-9-8-10-12-17/h8-12,18-23,27-28H,13-14H2,1-7H3/t18-,19+,20+,21-,22-,23-/m0/s1. The first-order valence-electron chi connectivity index (χ1n) is 11.4. The van der Waals surface area contributed by atoms with Crippen LogP contribution >= 0.6 is 0 Å². The molecule has 6 atom stereocenters. The molecule has 0 unspecified atom stereocenters. The van der Waals surface area contributed by atoms with Crippen LogP contribution in [0.4, 0.5) is 0 Å². The number of benzene rings is 1. The number of aliphatic hydroxyl groups is 2. The molecule has 1 aromatic carbocycles. The number of aliphatic hydroxyl groups excluding tert-OH is 2. The van der Waals surface area contributed by atoms with E-state index < -0.39 is 57.1 Å². The van der Waals surface area contributed by atoms with Crippen molar-refractivity contribution in [3.8, 4) is 0 Å². The molecule has 9 nitrogen and oxygen atoms in total. The second-order valence-electron chi connectivity index (χ2n) is 10.0. The van der Waals surface area contributed by atoms with Gasteiger partial charge in [0.05, 0.1) is 6.61 Å². The molecule has 2 N–H and O–H groups in total. The fourth-order valence-corrected chi connectivity index (χ4v) is 4.68. The van der Waals surface area contributed by atoms with Gasteiger partial charge in [-0.15, -0.1) is 0 Å². The Morgan fingerprint density at radius 1 is 1.06 bits per heavy atom. The van der Waals surface area contributed by atoms with E-state index in [-0.39, 0.29) is 18.3 Å². The molecular formula is C24H38O9Si. The summed E-state index contributed by atoms with van der Waals surface area (Å²) in [5.74, 6) is -1.23. The summed E-state index contributed by atoms with van der Waals surface area (Å²) >= 11 is 0. The van der Waals surface area contributed by atoms with Crippen LogP contribution in [0.2, 0.25) is 18.1 Å². The summed E-state index contributed by atoms with van der Waals surface area (Å²) in [4.78, 5) is 23.0. The molecule has 10 heteroatoms. The molecule has 1 saturated heterocycles. The first-order valence-corrected chi connectivity index (χ1v) is 14.3. The topological polar surface area (TPSA) is 121 Å². The maximum Gasteiger partial charge on any atom is 0.303 e. The van der Waals surface area contributed by atoms with Crippen molar-refractivity contribution in [1.82, 2.24) is 0 Å². The van der Waals surface area contributed by atoms with E-state index in [0.717, 1.165) is 5.56 Å². The number of hydrogen-bond acceptors (Lipinski definition) is 9. The minimum atomic E-state index is -2.45. The van der Waals surface area contributed by atoms with Gasteiger partial charge in [0.1, 0.15) is 31.0 Å². The summed E-state index contributed by atoms with van der Waals surface area (Å²) in [5.41, 5.74) is 0.880. The van der Waals surface area contributed by atoms with Gasteiger partial charge in [0.2, 0.25) is 0 Å². The van der Waals surface area contributed by atoms with E-state index in [0.29, 0.717) is 0 Å². The molecule has 0 aromatic heterocycles. The summed E-state index contributed by atoms with van der Waals surface area (Å²) < 4.78 is 28.5. The highest BCUT2D eigenvalue weighted by molar-refractivity contribution is 6.74. The van der Waals surface area contributed by atoms with E-state index in [9.17, 15) is 19.8 Å². The zero-order chi connectivity index (χ0) is 25.7. The molecule has 1 heterocycles. The molecule has 0 amide bonds. The van der Waals surface area contributed by atoms with Gasteiger partial charge < -0.3 is 33.6 Å². The second-order valence-corrected chi connectivity index (χ2v) is 14.8. The first-order chi connectivity index (χ1) is 15.7. The van der Waals surface area contributed by atoms with Crippen LogP contribution in [0.3, 0.4) is 0 Å². The van der Waals surface area contributed by atoms with Crippen LogP contribution in [0.1, 0.15) is 40.2 Å². The highest BCUT2D eigenvalue weighted by atomic mass is 28.4. The number of carbonyl (C=O) groups is 2. The normalized spacial score (nSPS) is 26.6. The van der Waals surface area contributed by atoms with Crippen LogP contribution in [0, 0.1) is 0 Å². The highest BCUT2D eigenvalue weighted by Crippen LogP contribution is 2.40. The summed E-state index contributed by atoms with van der Waals surface area (Å²) in [5, 5.41) is 22.0. The maximum atomic E-state index is 11.7. The van der Waals surface area contributed by atoms with Crippen molar-refractivity contribution >= 4 is 20.3 Å². The highest BCUT2D eigenvalue weighted by Gasteiger charge is 2.53. The van der Waals surface area contributed by atoms with Crippen molar-refractivity contribution in [2.24, 2.45) is 0 Å². The second kappa shape index (κ2) is 11.7. The maximum absolute atomic E-state index is 11.7. The van der Waals surface area contributed by atoms with Gasteiger partial charge in [0, 0.05) is 13.8 Å². The third-order valence-electron chi connectivity index (χ3n) is 6.23. The molecule has 1 aliphatic heterocycles. The van der Waals surface area contributed by atoms with Crippen molar-refractivity contribution in [2.75, 3.05) is 6.61 Å². The van der Waals surface area contributed by atoms with Crippen LogP contribution in [0.5, 0.6) is 0 Å². The monoisotopic (exact) mass is 498 g/mol. The zero-order valence-corrected chi connectivity index (χ0v) is 22.0. The lowest BCUT2D eigenvalue weighted by atomic mass is 9.95. The van der Waals surface area contributed by atoms with Crippen LogP contribution in [-0.4, -0.2) is 73.9 Å². The van der Waals surface area contributed by atoms with Gasteiger partial charge in [0.15, 0.2) is 20.7 Å². The Hall–Kier alpha value is -1.82. The van der Waals surface area contributed by atoms with Gasteiger partial charge in [-0.05, 0) is 23.7 Å². The third kappa shape index (κ3) is 7.59. The summed E-state index contributed by atoms with van der Waals surface area (Å²) in [6.45, 7) is 12.5. The number of rotatable bonds is 9. The van der Waals surface area contributed by atoms with Crippen LogP contribution in [-0.2, 0) is 39.6 Å². The van der Waals surface area contributed by atoms with Gasteiger partial charge in [-0.25, -0.2) is 0 Å². The predicted molar refractivity (Wildman–Crippen MR) is 126 cm³/mol. The van der Waals surface area contributed by atoms with Crippen molar-refractivity contribution in [3.63, 3.8) is 0 Å². The van der Waals surface area contributed by atoms with Crippen molar-refractivity contribution < 1.29 is 43.2 Å². The van der Waals surface area contributed by atoms with Crippen molar-refractivity contribution in [2.45, 2.75) is 96.2 Å². The summed E-state index contributed by atoms with van der Waals surface area (Å²) in [6.07, 6.45) is -7.15. The molecule has 2 rings (SSSR count). The van der Waals surface area contributed by atoms with Gasteiger partial charge in [0.25, 0.3) is 0 Å². The van der Waals surface area contributed by atoms with E-state index in [4.69, 9.17) is 23.4 Å². The smallest absolute Gasteiger partial charge is 0.303 e. The number of hydrogen-bond donors (Lipinski definition) is 2. The van der Waals surface area contributed by atoms with E-state index in [1.807, 2.05) is 43.4 Å². The van der Waals surface area contributed by atoms with E-state index in [2.05, 4.69) is 20.8 Å². The Bertz CT molecular complexity index is 808. The van der Waals surface area contributed by atoms with E-state index in [1.165, 1.54) is 13.8 Å². The Kier molecular flexibility index (Phi) is 9.81. The largest absolute Gasteiger partial charge is 0.462 e. The lowest BCUT2D eigenvalue weighted by molar-refractivity contribution is -0.307. The Balaban J connectivity index is 2.34. The molecule has 192 valence electrons. The average molecular weight is 499 g/mol. The minimum Gasteiger partial charge on any atom is -0.462 e. The third-order valence-corrected chi connectivity index (χ3v) is 10.7. The Morgan fingerprint density at radius 2 is 1.68 bits per heavy atom. The molecule has 1 fully saturated rings. The summed E-state index contributed by atoms with van der Waals surface area (Å²) in [7, 11) is -2.45. The molecular weight excluding hydrogens is 460 g/mol. The minimum absolute atomic E-state index is 0.168. The van der Waals surface area contributed by atoms with Crippen molar-refractivity contribution in [3.05, 3.63) is 35.9 Å². The summed E-state index contributed by atoms with van der Waals surface area (Å²) in [6, 6.07) is 9.40. The molecule has 0 bridgehead atoms. The van der Waals surface area contributed by atoms with Crippen LogP contribution in [0.15, 0.2) is 30.3 Å². The lowest BCUT2D eigenvalue weighted by Crippen LogP contribution is -2.65. The number of esters is 2.